The van der Waals surface area contributed by atoms with Crippen LogP contribution in [0.3, 0.4) is 0 Å². The van der Waals surface area contributed by atoms with Crippen LogP contribution in [0.15, 0.2) is 182 Å². The average molecular weight is 611 g/mol. The first kappa shape index (κ1) is 31.4. The van der Waals surface area contributed by atoms with Crippen molar-refractivity contribution in [2.24, 2.45) is 5.92 Å². The first-order valence-corrected chi connectivity index (χ1v) is 16.5. The molecule has 1 unspecified atom stereocenters. The van der Waals surface area contributed by atoms with Crippen LogP contribution in [-0.2, 0) is 0 Å². The Morgan fingerprint density at radius 1 is 0.596 bits per heavy atom. The van der Waals surface area contributed by atoms with Gasteiger partial charge in [-0.05, 0) is 95.4 Å². The van der Waals surface area contributed by atoms with E-state index < -0.39 is 0 Å². The molecule has 232 valence electrons. The molecule has 0 radical (unpaired) electrons. The summed E-state index contributed by atoms with van der Waals surface area (Å²) < 4.78 is 0. The summed E-state index contributed by atoms with van der Waals surface area (Å²) in [6, 6.07) is 47.7. The highest BCUT2D eigenvalue weighted by Crippen LogP contribution is 2.34. The minimum atomic E-state index is 0.352. The Labute approximate surface area is 280 Å². The number of hydrogen-bond donors (Lipinski definition) is 0. The summed E-state index contributed by atoms with van der Waals surface area (Å²) in [6.07, 6.45) is 20.9. The molecule has 2 nitrogen and oxygen atoms in total. The van der Waals surface area contributed by atoms with Gasteiger partial charge in [-0.1, -0.05) is 140 Å². The van der Waals surface area contributed by atoms with Crippen LogP contribution in [0.2, 0.25) is 0 Å². The fourth-order valence-corrected chi connectivity index (χ4v) is 5.91. The highest BCUT2D eigenvalue weighted by atomic mass is 15.1. The Bertz CT molecular complexity index is 1980. The lowest BCUT2D eigenvalue weighted by Gasteiger charge is -2.27. The van der Waals surface area contributed by atoms with E-state index in [0.29, 0.717) is 5.92 Å². The molecule has 0 saturated carbocycles. The Kier molecular flexibility index (Phi) is 10.4. The molecule has 0 aliphatic heterocycles. The van der Waals surface area contributed by atoms with E-state index in [0.717, 1.165) is 35.7 Å². The summed E-state index contributed by atoms with van der Waals surface area (Å²) >= 11 is 0. The standard InChI is InChI=1S/C45H42N2/c1-3-37-17-14-15-18-38(37)34-35-46(41-19-10-6-11-20-41)42-30-25-39(26-31-42)40-27-32-45(33-28-40)47(43-21-12-7-13-22-43)44-23-9-5-4-8-16-36(2)24-29-44/h3-8,10-34,36H,9,35H2,1-2H3/b5-4-,16-8-,29-24-,37-3-,38-34-,44-23+. The Morgan fingerprint density at radius 2 is 1.15 bits per heavy atom. The lowest BCUT2D eigenvalue weighted by atomic mass is 10.0. The lowest BCUT2D eigenvalue weighted by molar-refractivity contribution is 0.935. The monoisotopic (exact) mass is 610 g/mol. The molecular formula is C45H42N2. The van der Waals surface area contributed by atoms with E-state index in [4.69, 9.17) is 0 Å². The van der Waals surface area contributed by atoms with Crippen LogP contribution in [0.4, 0.5) is 22.7 Å². The molecule has 0 spiro atoms. The Balaban J connectivity index is 1.29. The van der Waals surface area contributed by atoms with E-state index in [9.17, 15) is 0 Å². The van der Waals surface area contributed by atoms with E-state index >= 15 is 0 Å². The quantitative estimate of drug-likeness (QED) is 0.172. The summed E-state index contributed by atoms with van der Waals surface area (Å²) in [5.74, 6) is 0.352. The first-order valence-electron chi connectivity index (χ1n) is 16.5. The van der Waals surface area contributed by atoms with Gasteiger partial charge in [0.25, 0.3) is 0 Å². The third-order valence-electron chi connectivity index (χ3n) is 8.47. The summed E-state index contributed by atoms with van der Waals surface area (Å²) in [4.78, 5) is 4.71. The van der Waals surface area contributed by atoms with Gasteiger partial charge in [0.05, 0.1) is 0 Å². The van der Waals surface area contributed by atoms with Gasteiger partial charge in [0.15, 0.2) is 0 Å². The average Bonchev–Trinajstić information content (AvgIpc) is 3.13. The Morgan fingerprint density at radius 3 is 1.81 bits per heavy atom. The first-order chi connectivity index (χ1) is 23.2. The highest BCUT2D eigenvalue weighted by Gasteiger charge is 2.14. The van der Waals surface area contributed by atoms with Gasteiger partial charge in [0.1, 0.15) is 0 Å². The van der Waals surface area contributed by atoms with Gasteiger partial charge in [0, 0.05) is 35.0 Å². The number of benzene rings is 5. The molecule has 0 amide bonds. The second-order valence-electron chi connectivity index (χ2n) is 11.7. The van der Waals surface area contributed by atoms with Gasteiger partial charge >= 0.3 is 0 Å². The zero-order valence-corrected chi connectivity index (χ0v) is 27.3. The molecule has 0 saturated heterocycles. The van der Waals surface area contributed by atoms with Crippen LogP contribution >= 0.6 is 0 Å². The highest BCUT2D eigenvalue weighted by molar-refractivity contribution is 5.75. The third-order valence-corrected chi connectivity index (χ3v) is 8.47. The van der Waals surface area contributed by atoms with Crippen LogP contribution in [0, 0.1) is 5.92 Å². The SMILES string of the molecule is C/C=c1/cccc/c1=C/CN(c1ccccc1)c1ccc(-c2ccc(N(C3=C/C/C=C\C=C/C(C)/C=C\3)c3ccccc3)cc2)cc1. The van der Waals surface area contributed by atoms with E-state index in [1.165, 1.54) is 27.3 Å². The normalized spacial score (nSPS) is 18.5. The minimum absolute atomic E-state index is 0.352. The Hall–Kier alpha value is -5.60. The van der Waals surface area contributed by atoms with E-state index in [2.05, 4.69) is 212 Å². The maximum atomic E-state index is 2.36. The third kappa shape index (κ3) is 7.98. The molecular weight excluding hydrogens is 569 g/mol. The van der Waals surface area contributed by atoms with Crippen molar-refractivity contribution in [1.29, 1.82) is 0 Å². The number of hydrogen-bond acceptors (Lipinski definition) is 2. The molecule has 0 aromatic heterocycles. The van der Waals surface area contributed by atoms with Crippen molar-refractivity contribution in [2.45, 2.75) is 20.3 Å². The molecule has 47 heavy (non-hydrogen) atoms. The second-order valence-corrected chi connectivity index (χ2v) is 11.7. The summed E-state index contributed by atoms with van der Waals surface area (Å²) in [5, 5.41) is 2.50. The van der Waals surface area contributed by atoms with Crippen molar-refractivity contribution in [2.75, 3.05) is 16.3 Å². The largest absolute Gasteiger partial charge is 0.338 e. The molecule has 0 fully saturated rings. The summed E-state index contributed by atoms with van der Waals surface area (Å²) in [6.45, 7) is 5.08. The van der Waals surface area contributed by atoms with Crippen molar-refractivity contribution in [3.8, 4) is 11.1 Å². The van der Waals surface area contributed by atoms with Crippen LogP contribution < -0.4 is 20.2 Å². The van der Waals surface area contributed by atoms with Crippen molar-refractivity contribution in [1.82, 2.24) is 0 Å². The smallest absolute Gasteiger partial charge is 0.0461 e. The van der Waals surface area contributed by atoms with Gasteiger partial charge in [-0.3, -0.25) is 0 Å². The van der Waals surface area contributed by atoms with Crippen molar-refractivity contribution < 1.29 is 0 Å². The zero-order chi connectivity index (χ0) is 32.3. The molecule has 1 aliphatic carbocycles. The van der Waals surface area contributed by atoms with Gasteiger partial charge in [0.2, 0.25) is 0 Å². The minimum Gasteiger partial charge on any atom is -0.338 e. The molecule has 5 aromatic carbocycles. The molecule has 1 aliphatic rings. The number of anilines is 4. The molecule has 0 N–H and O–H groups in total. The van der Waals surface area contributed by atoms with Crippen molar-refractivity contribution >= 4 is 34.9 Å². The van der Waals surface area contributed by atoms with Gasteiger partial charge < -0.3 is 9.80 Å². The van der Waals surface area contributed by atoms with Crippen LogP contribution in [0.5, 0.6) is 0 Å². The molecule has 0 bridgehead atoms. The maximum absolute atomic E-state index is 2.36. The van der Waals surface area contributed by atoms with E-state index in [1.54, 1.807) is 0 Å². The zero-order valence-electron chi connectivity index (χ0n) is 27.3. The van der Waals surface area contributed by atoms with Gasteiger partial charge in [-0.15, -0.1) is 0 Å². The van der Waals surface area contributed by atoms with Crippen LogP contribution in [-0.4, -0.2) is 6.54 Å². The molecule has 5 aromatic rings. The number of rotatable bonds is 8. The van der Waals surface area contributed by atoms with E-state index in [1.807, 2.05) is 0 Å². The predicted octanol–water partition coefficient (Wildman–Crippen LogP) is 10.5. The fraction of sp³-hybridized carbons (Fsp3) is 0.111. The number of para-hydroxylation sites is 2. The second kappa shape index (κ2) is 15.6. The molecule has 2 heteroatoms. The van der Waals surface area contributed by atoms with Crippen LogP contribution in [0.1, 0.15) is 20.3 Å². The van der Waals surface area contributed by atoms with E-state index in [-0.39, 0.29) is 0 Å². The lowest BCUT2D eigenvalue weighted by Crippen LogP contribution is -2.26. The van der Waals surface area contributed by atoms with Crippen LogP contribution in [0.25, 0.3) is 23.3 Å². The molecule has 0 heterocycles. The predicted molar refractivity (Wildman–Crippen MR) is 203 cm³/mol. The van der Waals surface area contributed by atoms with Crippen molar-refractivity contribution in [3.05, 3.63) is 192 Å². The molecule has 6 rings (SSSR count). The van der Waals surface area contributed by atoms with Gasteiger partial charge in [-0.25, -0.2) is 0 Å². The summed E-state index contributed by atoms with van der Waals surface area (Å²) in [5.41, 5.74) is 8.15. The number of allylic oxidation sites excluding steroid dienone is 7. The topological polar surface area (TPSA) is 6.48 Å². The fourth-order valence-electron chi connectivity index (χ4n) is 5.91. The van der Waals surface area contributed by atoms with Crippen molar-refractivity contribution in [3.63, 3.8) is 0 Å². The van der Waals surface area contributed by atoms with Gasteiger partial charge in [-0.2, -0.15) is 0 Å². The summed E-state index contributed by atoms with van der Waals surface area (Å²) in [7, 11) is 0. The molecule has 1 atom stereocenters. The number of nitrogens with zero attached hydrogens (tertiary/aromatic N) is 2. The maximum Gasteiger partial charge on any atom is 0.0461 e.